The third-order valence-electron chi connectivity index (χ3n) is 5.00. The monoisotopic (exact) mass is 402 g/mol. The topological polar surface area (TPSA) is 17.1 Å². The van der Waals surface area contributed by atoms with E-state index in [4.69, 9.17) is 0 Å². The Morgan fingerprint density at radius 1 is 0.667 bits per heavy atom. The fourth-order valence-corrected chi connectivity index (χ4v) is 3.27. The number of rotatable bonds is 19. The third kappa shape index (κ3) is 25.7. The second-order valence-electron chi connectivity index (χ2n) is 8.99. The lowest BCUT2D eigenvalue weighted by Gasteiger charge is -2.23. The fourth-order valence-electron chi connectivity index (χ4n) is 3.27. The zero-order valence-corrected chi connectivity index (χ0v) is 19.8. The molecule has 0 radical (unpaired) electrons. The summed E-state index contributed by atoms with van der Waals surface area (Å²) in [7, 11) is 6.57. The molecule has 0 aromatic rings. The third-order valence-corrected chi connectivity index (χ3v) is 5.00. The Morgan fingerprint density at radius 3 is 1.63 bits per heavy atom. The van der Waals surface area contributed by atoms with E-state index < -0.39 is 0 Å². The summed E-state index contributed by atoms with van der Waals surface area (Å²) in [5.41, 5.74) is 0. The molecule has 0 aliphatic heterocycles. The molecular weight excluding hydrogens is 354 g/mol. The first-order valence-electron chi connectivity index (χ1n) is 11.4. The predicted octanol–water partition coefficient (Wildman–Crippen LogP) is 7.50. The molecule has 0 rings (SSSR count). The van der Waals surface area contributed by atoms with Crippen LogP contribution in [0, 0.1) is 0 Å². The molecule has 0 aromatic heterocycles. The lowest BCUT2D eigenvalue weighted by molar-refractivity contribution is -0.870. The van der Waals surface area contributed by atoms with E-state index in [1.54, 1.807) is 0 Å². The molecule has 0 spiro atoms. The van der Waals surface area contributed by atoms with Crippen molar-refractivity contribution in [1.29, 1.82) is 0 Å². The smallest absolute Gasteiger partial charge is 0.133 e. The van der Waals surface area contributed by atoms with E-state index in [9.17, 15) is 4.79 Å². The minimum absolute atomic E-state index is 0. The number of allylic oxidation sites excluding steroid dienone is 2. The van der Waals surface area contributed by atoms with Crippen molar-refractivity contribution in [2.24, 2.45) is 0 Å². The van der Waals surface area contributed by atoms with Gasteiger partial charge in [0.1, 0.15) is 5.78 Å². The summed E-state index contributed by atoms with van der Waals surface area (Å²) in [6.07, 6.45) is 24.5. The van der Waals surface area contributed by atoms with Crippen LogP contribution in [0.1, 0.15) is 110 Å². The predicted molar refractivity (Wildman–Crippen MR) is 124 cm³/mol. The highest BCUT2D eigenvalue weighted by atomic mass is 35.5. The van der Waals surface area contributed by atoms with Crippen LogP contribution in [0.5, 0.6) is 0 Å². The van der Waals surface area contributed by atoms with Gasteiger partial charge in [-0.1, -0.05) is 70.4 Å². The van der Waals surface area contributed by atoms with Gasteiger partial charge in [0.25, 0.3) is 0 Å². The minimum atomic E-state index is 0. The van der Waals surface area contributed by atoms with Crippen LogP contribution in [0.2, 0.25) is 0 Å². The van der Waals surface area contributed by atoms with Gasteiger partial charge in [0, 0.05) is 19.3 Å². The largest absolute Gasteiger partial charge is 0.331 e. The molecule has 2 nitrogen and oxygen atoms in total. The summed E-state index contributed by atoms with van der Waals surface area (Å²) < 4.78 is 0.959. The maximum atomic E-state index is 11.8. The maximum absolute atomic E-state index is 11.8. The van der Waals surface area contributed by atoms with E-state index >= 15 is 0 Å². The van der Waals surface area contributed by atoms with Crippen LogP contribution >= 0.6 is 12.4 Å². The highest BCUT2D eigenvalue weighted by Crippen LogP contribution is 2.11. The summed E-state index contributed by atoms with van der Waals surface area (Å²) in [5.74, 6) is 0.469. The summed E-state index contributed by atoms with van der Waals surface area (Å²) >= 11 is 0. The fraction of sp³-hybridized carbons (Fsp3) is 0.875. The highest BCUT2D eigenvalue weighted by molar-refractivity contribution is 5.85. The number of hydrogen-bond acceptors (Lipinski definition) is 1. The molecule has 0 fully saturated rings. The van der Waals surface area contributed by atoms with Crippen LogP contribution < -0.4 is 0 Å². The summed E-state index contributed by atoms with van der Waals surface area (Å²) in [5, 5.41) is 0. The Labute approximate surface area is 177 Å². The molecule has 0 amide bonds. The van der Waals surface area contributed by atoms with Gasteiger partial charge < -0.3 is 4.48 Å². The van der Waals surface area contributed by atoms with Gasteiger partial charge in [-0.05, 0) is 32.1 Å². The number of carbonyl (C=O) groups is 1. The van der Waals surface area contributed by atoms with Gasteiger partial charge >= 0.3 is 0 Å². The van der Waals surface area contributed by atoms with Crippen molar-refractivity contribution < 1.29 is 9.28 Å². The molecule has 0 N–H and O–H groups in total. The van der Waals surface area contributed by atoms with E-state index in [0.29, 0.717) is 5.78 Å². The Balaban J connectivity index is 0. The zero-order chi connectivity index (χ0) is 19.5. The van der Waals surface area contributed by atoms with Crippen molar-refractivity contribution in [2.45, 2.75) is 110 Å². The molecule has 0 unspecified atom stereocenters. The number of nitrogens with zero attached hydrogens (tertiary/aromatic N) is 1. The van der Waals surface area contributed by atoms with Gasteiger partial charge in [0.15, 0.2) is 0 Å². The molecule has 0 aliphatic rings. The molecule has 0 aliphatic carbocycles. The standard InChI is InChI=1S/C24H48NO.ClH/c1-5-6-7-8-9-10-11-12-13-14-15-16-17-18-19-21-24(26)22-20-23-25(2,3)4;/h12-13H,5-11,14-23H2,1-4H3;1H/q+1;/b13-12-;. The van der Waals surface area contributed by atoms with Gasteiger partial charge in [0.05, 0.1) is 27.7 Å². The molecule has 0 heterocycles. The second kappa shape index (κ2) is 20.4. The lowest BCUT2D eigenvalue weighted by atomic mass is 10.0. The Hall–Kier alpha value is -0.340. The van der Waals surface area contributed by atoms with E-state index in [1.807, 2.05) is 0 Å². The normalized spacial score (nSPS) is 11.7. The summed E-state index contributed by atoms with van der Waals surface area (Å²) in [6.45, 7) is 3.37. The maximum Gasteiger partial charge on any atom is 0.133 e. The summed E-state index contributed by atoms with van der Waals surface area (Å²) in [6, 6.07) is 0. The van der Waals surface area contributed by atoms with Crippen molar-refractivity contribution >= 4 is 18.2 Å². The molecular formula is C24H49ClNO+. The average Bonchev–Trinajstić information content (AvgIpc) is 2.57. The number of quaternary nitrogens is 1. The summed E-state index contributed by atoms with van der Waals surface area (Å²) in [4.78, 5) is 11.8. The number of carbonyl (C=O) groups excluding carboxylic acids is 1. The molecule has 0 atom stereocenters. The molecule has 27 heavy (non-hydrogen) atoms. The molecule has 3 heteroatoms. The molecule has 0 bridgehead atoms. The number of halogens is 1. The van der Waals surface area contributed by atoms with Gasteiger partial charge in [-0.25, -0.2) is 0 Å². The van der Waals surface area contributed by atoms with Crippen LogP contribution in [0.15, 0.2) is 12.2 Å². The van der Waals surface area contributed by atoms with Crippen molar-refractivity contribution in [2.75, 3.05) is 27.7 Å². The molecule has 0 saturated carbocycles. The first kappa shape index (κ1) is 28.9. The Morgan fingerprint density at radius 2 is 1.11 bits per heavy atom. The number of ketones is 1. The number of unbranched alkanes of at least 4 members (excludes halogenated alkanes) is 11. The van der Waals surface area contributed by atoms with E-state index in [1.165, 1.54) is 77.0 Å². The van der Waals surface area contributed by atoms with Crippen LogP contribution in [0.4, 0.5) is 0 Å². The van der Waals surface area contributed by atoms with Crippen molar-refractivity contribution in [1.82, 2.24) is 0 Å². The SMILES string of the molecule is CCCCCCCC/C=C\CCCCCCCC(=O)CCC[N+](C)(C)C.Cl. The first-order chi connectivity index (χ1) is 12.5. The van der Waals surface area contributed by atoms with Crippen LogP contribution in [-0.4, -0.2) is 38.0 Å². The molecule has 0 aromatic carbocycles. The van der Waals surface area contributed by atoms with E-state index in [0.717, 1.165) is 36.7 Å². The number of hydrogen-bond donors (Lipinski definition) is 0. The van der Waals surface area contributed by atoms with Crippen molar-refractivity contribution in [3.8, 4) is 0 Å². The van der Waals surface area contributed by atoms with Gasteiger partial charge in [-0.2, -0.15) is 0 Å². The quantitative estimate of drug-likeness (QED) is 0.124. The molecule has 162 valence electrons. The first-order valence-corrected chi connectivity index (χ1v) is 11.4. The van der Waals surface area contributed by atoms with E-state index in [2.05, 4.69) is 40.2 Å². The Bertz CT molecular complexity index is 347. The van der Waals surface area contributed by atoms with Crippen LogP contribution in [0.25, 0.3) is 0 Å². The zero-order valence-electron chi connectivity index (χ0n) is 18.9. The van der Waals surface area contributed by atoms with Crippen LogP contribution in [0.3, 0.4) is 0 Å². The average molecular weight is 403 g/mol. The van der Waals surface area contributed by atoms with Gasteiger partial charge in [-0.3, -0.25) is 4.79 Å². The van der Waals surface area contributed by atoms with Crippen LogP contribution in [-0.2, 0) is 4.79 Å². The molecule has 0 saturated heterocycles. The van der Waals surface area contributed by atoms with Crippen molar-refractivity contribution in [3.05, 3.63) is 12.2 Å². The van der Waals surface area contributed by atoms with E-state index in [-0.39, 0.29) is 12.4 Å². The van der Waals surface area contributed by atoms with Gasteiger partial charge in [0.2, 0.25) is 0 Å². The minimum Gasteiger partial charge on any atom is -0.331 e. The highest BCUT2D eigenvalue weighted by Gasteiger charge is 2.08. The van der Waals surface area contributed by atoms with Gasteiger partial charge in [-0.15, -0.1) is 12.4 Å². The Kier molecular flexibility index (Phi) is 21.8. The van der Waals surface area contributed by atoms with Crippen molar-refractivity contribution in [3.63, 3.8) is 0 Å². The second-order valence-corrected chi connectivity index (χ2v) is 8.99. The number of Topliss-reactive ketones (excluding diaryl/α,β-unsaturated/α-hetero) is 1. The lowest BCUT2D eigenvalue weighted by Crippen LogP contribution is -2.35.